The second kappa shape index (κ2) is 6.16. The van der Waals surface area contributed by atoms with Crippen molar-refractivity contribution in [2.24, 2.45) is 0 Å². The Kier molecular flexibility index (Phi) is 4.72. The molecule has 1 aliphatic heterocycles. The van der Waals surface area contributed by atoms with Gasteiger partial charge in [-0.25, -0.2) is 0 Å². The zero-order valence-corrected chi connectivity index (χ0v) is 7.98. The van der Waals surface area contributed by atoms with Crippen LogP contribution < -0.4 is 0 Å². The van der Waals surface area contributed by atoms with Crippen LogP contribution in [0.2, 0.25) is 0 Å². The summed E-state index contributed by atoms with van der Waals surface area (Å²) in [6.45, 7) is 2.00. The summed E-state index contributed by atoms with van der Waals surface area (Å²) in [5.41, 5.74) is 0.577. The molecule has 1 aromatic carbocycles. The average Bonchev–Trinajstić information content (AvgIpc) is 2.77. The first-order valence-electron chi connectivity index (χ1n) is 4.65. The Bertz CT molecular complexity index is 255. The molecule has 0 radical (unpaired) electrons. The highest BCUT2D eigenvalue weighted by Gasteiger charge is 1.94. The minimum absolute atomic E-state index is 0.181. The zero-order chi connectivity index (χ0) is 10.2. The Labute approximate surface area is 83.3 Å². The molecular formula is C11H14O3. The third kappa shape index (κ3) is 4.05. The van der Waals surface area contributed by atoms with Crippen molar-refractivity contribution in [1.82, 2.24) is 0 Å². The van der Waals surface area contributed by atoms with Gasteiger partial charge in [0.15, 0.2) is 0 Å². The molecule has 1 fully saturated rings. The van der Waals surface area contributed by atoms with Crippen LogP contribution in [0.5, 0.6) is 5.75 Å². The summed E-state index contributed by atoms with van der Waals surface area (Å²) < 4.78 is 4.94. The van der Waals surface area contributed by atoms with Crippen molar-refractivity contribution in [2.45, 2.75) is 12.8 Å². The van der Waals surface area contributed by atoms with Gasteiger partial charge in [0.25, 0.3) is 0 Å². The molecular weight excluding hydrogens is 180 g/mol. The predicted molar refractivity (Wildman–Crippen MR) is 53.5 cm³/mol. The summed E-state index contributed by atoms with van der Waals surface area (Å²) in [5.74, 6) is 0.181. The van der Waals surface area contributed by atoms with E-state index in [2.05, 4.69) is 0 Å². The second-order valence-electron chi connectivity index (χ2n) is 3.03. The van der Waals surface area contributed by atoms with Crippen molar-refractivity contribution < 1.29 is 14.6 Å². The van der Waals surface area contributed by atoms with E-state index in [0.717, 1.165) is 19.5 Å². The summed E-state index contributed by atoms with van der Waals surface area (Å²) in [4.78, 5) is 10.0. The largest absolute Gasteiger partial charge is 0.508 e. The van der Waals surface area contributed by atoms with Crippen LogP contribution in [0.25, 0.3) is 0 Å². The van der Waals surface area contributed by atoms with Gasteiger partial charge in [-0.15, -0.1) is 0 Å². The summed E-state index contributed by atoms with van der Waals surface area (Å²) >= 11 is 0. The van der Waals surface area contributed by atoms with Gasteiger partial charge in [-0.05, 0) is 37.1 Å². The molecule has 0 aromatic heterocycles. The van der Waals surface area contributed by atoms with E-state index in [0.29, 0.717) is 5.56 Å². The van der Waals surface area contributed by atoms with Gasteiger partial charge in [0, 0.05) is 18.8 Å². The van der Waals surface area contributed by atoms with Crippen LogP contribution in [-0.2, 0) is 4.74 Å². The summed E-state index contributed by atoms with van der Waals surface area (Å²) in [7, 11) is 0. The lowest BCUT2D eigenvalue weighted by Gasteiger charge is -1.88. The predicted octanol–water partition coefficient (Wildman–Crippen LogP) is 2.00. The number of rotatable bonds is 1. The standard InChI is InChI=1S/C7H6O2.C4H8O/c8-5-6-1-3-7(9)4-2-6;1-2-4-5-3-1/h1-5,9H;1-4H2. The molecule has 14 heavy (non-hydrogen) atoms. The number of carbonyl (C=O) groups is 1. The summed E-state index contributed by atoms with van der Waals surface area (Å²) in [5, 5.41) is 8.74. The van der Waals surface area contributed by atoms with Crippen molar-refractivity contribution >= 4 is 6.29 Å². The molecule has 0 aliphatic carbocycles. The van der Waals surface area contributed by atoms with Crippen molar-refractivity contribution in [3.8, 4) is 5.75 Å². The molecule has 0 saturated carbocycles. The average molecular weight is 194 g/mol. The van der Waals surface area contributed by atoms with Crippen LogP contribution >= 0.6 is 0 Å². The lowest BCUT2D eigenvalue weighted by Crippen LogP contribution is -1.74. The number of phenolic OH excluding ortho intramolecular Hbond substituents is 1. The lowest BCUT2D eigenvalue weighted by atomic mass is 10.2. The van der Waals surface area contributed by atoms with Gasteiger partial charge in [0.05, 0.1) is 0 Å². The van der Waals surface area contributed by atoms with E-state index in [1.165, 1.54) is 25.0 Å². The highest BCUT2D eigenvalue weighted by Crippen LogP contribution is 2.07. The SMILES string of the molecule is C1CCOC1.O=Cc1ccc(O)cc1. The molecule has 76 valence electrons. The Morgan fingerprint density at radius 3 is 2.07 bits per heavy atom. The maximum absolute atomic E-state index is 10.0. The Morgan fingerprint density at radius 2 is 1.71 bits per heavy atom. The van der Waals surface area contributed by atoms with Crippen LogP contribution in [0.3, 0.4) is 0 Å². The number of phenols is 1. The van der Waals surface area contributed by atoms with Crippen LogP contribution in [0.15, 0.2) is 24.3 Å². The van der Waals surface area contributed by atoms with Gasteiger partial charge in [0.2, 0.25) is 0 Å². The third-order valence-electron chi connectivity index (χ3n) is 1.86. The van der Waals surface area contributed by atoms with Crippen LogP contribution in [0.1, 0.15) is 23.2 Å². The summed E-state index contributed by atoms with van der Waals surface area (Å²) in [6.07, 6.45) is 3.29. The molecule has 0 spiro atoms. The van der Waals surface area contributed by atoms with E-state index < -0.39 is 0 Å². The minimum Gasteiger partial charge on any atom is -0.508 e. The molecule has 3 nitrogen and oxygen atoms in total. The van der Waals surface area contributed by atoms with E-state index in [4.69, 9.17) is 9.84 Å². The number of aldehydes is 1. The van der Waals surface area contributed by atoms with Crippen molar-refractivity contribution in [2.75, 3.05) is 13.2 Å². The maximum Gasteiger partial charge on any atom is 0.150 e. The van der Waals surface area contributed by atoms with Crippen LogP contribution in [0, 0.1) is 0 Å². The van der Waals surface area contributed by atoms with E-state index >= 15 is 0 Å². The molecule has 0 unspecified atom stereocenters. The van der Waals surface area contributed by atoms with Crippen molar-refractivity contribution in [3.05, 3.63) is 29.8 Å². The molecule has 1 aliphatic rings. The van der Waals surface area contributed by atoms with Crippen molar-refractivity contribution in [3.63, 3.8) is 0 Å². The molecule has 1 N–H and O–H groups in total. The Balaban J connectivity index is 0.000000165. The van der Waals surface area contributed by atoms with Crippen LogP contribution in [0.4, 0.5) is 0 Å². The number of hydrogen-bond donors (Lipinski definition) is 1. The topological polar surface area (TPSA) is 46.5 Å². The molecule has 0 bridgehead atoms. The lowest BCUT2D eigenvalue weighted by molar-refractivity contribution is 0.112. The molecule has 2 rings (SSSR count). The van der Waals surface area contributed by atoms with Gasteiger partial charge in [0.1, 0.15) is 12.0 Å². The second-order valence-corrected chi connectivity index (χ2v) is 3.03. The minimum atomic E-state index is 0.181. The highest BCUT2D eigenvalue weighted by molar-refractivity contribution is 5.74. The Morgan fingerprint density at radius 1 is 1.14 bits per heavy atom. The number of ether oxygens (including phenoxy) is 1. The molecule has 0 amide bonds. The molecule has 1 aromatic rings. The molecule has 3 heteroatoms. The molecule has 0 atom stereocenters. The number of hydrogen-bond acceptors (Lipinski definition) is 3. The fourth-order valence-electron chi connectivity index (χ4n) is 1.06. The number of carbonyl (C=O) groups excluding carboxylic acids is 1. The van der Waals surface area contributed by atoms with Gasteiger partial charge in [-0.2, -0.15) is 0 Å². The fraction of sp³-hybridized carbons (Fsp3) is 0.364. The summed E-state index contributed by atoms with van der Waals surface area (Å²) in [6, 6.07) is 6.07. The van der Waals surface area contributed by atoms with Crippen LogP contribution in [-0.4, -0.2) is 24.6 Å². The quantitative estimate of drug-likeness (QED) is 0.695. The zero-order valence-electron chi connectivity index (χ0n) is 7.98. The molecule has 1 heterocycles. The fourth-order valence-corrected chi connectivity index (χ4v) is 1.06. The van der Waals surface area contributed by atoms with E-state index in [1.807, 2.05) is 0 Å². The smallest absolute Gasteiger partial charge is 0.150 e. The van der Waals surface area contributed by atoms with Gasteiger partial charge in [-0.3, -0.25) is 4.79 Å². The third-order valence-corrected chi connectivity index (χ3v) is 1.86. The first-order chi connectivity index (χ1) is 6.83. The van der Waals surface area contributed by atoms with E-state index in [1.54, 1.807) is 12.1 Å². The number of aromatic hydroxyl groups is 1. The van der Waals surface area contributed by atoms with Crippen molar-refractivity contribution in [1.29, 1.82) is 0 Å². The first-order valence-corrected chi connectivity index (χ1v) is 4.65. The maximum atomic E-state index is 10.0. The van der Waals surface area contributed by atoms with E-state index in [-0.39, 0.29) is 5.75 Å². The van der Waals surface area contributed by atoms with E-state index in [9.17, 15) is 4.79 Å². The first kappa shape index (κ1) is 10.7. The van der Waals surface area contributed by atoms with Gasteiger partial charge >= 0.3 is 0 Å². The number of benzene rings is 1. The van der Waals surface area contributed by atoms with Gasteiger partial charge < -0.3 is 9.84 Å². The highest BCUT2D eigenvalue weighted by atomic mass is 16.5. The normalized spacial score (nSPS) is 14.3. The Hall–Kier alpha value is -1.35. The van der Waals surface area contributed by atoms with Gasteiger partial charge in [-0.1, -0.05) is 0 Å². The molecule has 1 saturated heterocycles. The monoisotopic (exact) mass is 194 g/mol.